The highest BCUT2D eigenvalue weighted by molar-refractivity contribution is 5.67. The van der Waals surface area contributed by atoms with Gasteiger partial charge < -0.3 is 19.6 Å². The highest BCUT2D eigenvalue weighted by Gasteiger charge is 2.26. The number of carbonyl (C=O) groups is 2. The van der Waals surface area contributed by atoms with Crippen molar-refractivity contribution in [2.24, 2.45) is 5.92 Å². The molecule has 0 aromatic carbocycles. The molecule has 0 saturated carbocycles. The van der Waals surface area contributed by atoms with Crippen molar-refractivity contribution in [1.82, 2.24) is 10.3 Å². The van der Waals surface area contributed by atoms with Gasteiger partial charge >= 0.3 is 6.09 Å². The lowest BCUT2D eigenvalue weighted by molar-refractivity contribution is -0.110. The fraction of sp³-hybridized carbons (Fsp3) is 0.632. The lowest BCUT2D eigenvalue weighted by atomic mass is 10.0. The summed E-state index contributed by atoms with van der Waals surface area (Å²) in [5, 5.41) is 2.71. The van der Waals surface area contributed by atoms with Crippen LogP contribution in [0.5, 0.6) is 5.88 Å². The van der Waals surface area contributed by atoms with Gasteiger partial charge in [-0.25, -0.2) is 9.78 Å². The van der Waals surface area contributed by atoms with E-state index in [4.69, 9.17) is 9.47 Å². The van der Waals surface area contributed by atoms with Gasteiger partial charge in [0.15, 0.2) is 0 Å². The second-order valence-electron chi connectivity index (χ2n) is 7.52. The van der Waals surface area contributed by atoms with Crippen LogP contribution in [-0.2, 0) is 22.4 Å². The number of nitrogens with one attached hydrogen (secondary N) is 1. The topological polar surface area (TPSA) is 77.5 Å². The molecule has 1 N–H and O–H groups in total. The largest absolute Gasteiger partial charge is 0.477 e. The Labute approximate surface area is 149 Å². The molecule has 0 aliphatic heterocycles. The van der Waals surface area contributed by atoms with E-state index in [1.807, 2.05) is 34.6 Å². The number of nitrogens with zero attached hydrogens (tertiary/aromatic N) is 1. The summed E-state index contributed by atoms with van der Waals surface area (Å²) in [4.78, 5) is 27.2. The number of pyridine rings is 1. The average Bonchev–Trinajstić information content (AvgIpc) is 2.95. The predicted molar refractivity (Wildman–Crippen MR) is 95.0 cm³/mol. The summed E-state index contributed by atoms with van der Waals surface area (Å²) in [5.74, 6) is 0.683. The fourth-order valence-electron chi connectivity index (χ4n) is 3.00. The number of aromatic nitrogens is 1. The third kappa shape index (κ3) is 5.18. The van der Waals surface area contributed by atoms with Gasteiger partial charge in [0.2, 0.25) is 5.88 Å². The van der Waals surface area contributed by atoms with Crippen molar-refractivity contribution in [2.75, 3.05) is 13.2 Å². The van der Waals surface area contributed by atoms with E-state index < -0.39 is 11.7 Å². The van der Waals surface area contributed by atoms with Crippen molar-refractivity contribution in [3.63, 3.8) is 0 Å². The van der Waals surface area contributed by atoms with Crippen LogP contribution >= 0.6 is 0 Å². The van der Waals surface area contributed by atoms with Crippen molar-refractivity contribution in [2.45, 2.75) is 59.5 Å². The highest BCUT2D eigenvalue weighted by atomic mass is 16.6. The summed E-state index contributed by atoms with van der Waals surface area (Å²) in [6.45, 7) is 10.4. The van der Waals surface area contributed by atoms with Crippen LogP contribution < -0.4 is 10.1 Å². The van der Waals surface area contributed by atoms with Crippen molar-refractivity contribution in [3.05, 3.63) is 22.4 Å². The fourth-order valence-corrected chi connectivity index (χ4v) is 3.00. The molecule has 0 fully saturated rings. The SMILES string of the molecule is Cc1nc(OCCCNC(=O)OC(C)(C)C)c(C)c2c1CC(C=O)C2. The monoisotopic (exact) mass is 348 g/mol. The minimum atomic E-state index is -0.497. The molecule has 1 unspecified atom stereocenters. The van der Waals surface area contributed by atoms with Gasteiger partial charge in [0.05, 0.1) is 6.61 Å². The van der Waals surface area contributed by atoms with Crippen molar-refractivity contribution >= 4 is 12.4 Å². The van der Waals surface area contributed by atoms with E-state index in [0.29, 0.717) is 25.5 Å². The summed E-state index contributed by atoms with van der Waals surface area (Å²) in [7, 11) is 0. The van der Waals surface area contributed by atoms with Crippen LogP contribution in [0.25, 0.3) is 0 Å². The van der Waals surface area contributed by atoms with Crippen LogP contribution in [0.15, 0.2) is 0 Å². The molecule has 6 heteroatoms. The first-order chi connectivity index (χ1) is 11.7. The molecule has 0 bridgehead atoms. The van der Waals surface area contributed by atoms with Crippen molar-refractivity contribution in [1.29, 1.82) is 0 Å². The Morgan fingerprint density at radius 2 is 1.96 bits per heavy atom. The Hall–Kier alpha value is -2.11. The summed E-state index contributed by atoms with van der Waals surface area (Å²) in [5.41, 5.74) is 3.85. The van der Waals surface area contributed by atoms with E-state index in [1.54, 1.807) is 0 Å². The standard InChI is InChI=1S/C19H28N2O4/c1-12-15-9-14(11-22)10-16(15)13(2)21-17(12)24-8-6-7-20-18(23)25-19(3,4)5/h11,14H,6-10H2,1-5H3,(H,20,23). The van der Waals surface area contributed by atoms with Crippen molar-refractivity contribution < 1.29 is 19.1 Å². The second-order valence-corrected chi connectivity index (χ2v) is 7.52. The zero-order valence-corrected chi connectivity index (χ0v) is 15.8. The number of aryl methyl sites for hydroxylation is 1. The maximum absolute atomic E-state index is 11.6. The van der Waals surface area contributed by atoms with Gasteiger partial charge in [-0.2, -0.15) is 0 Å². The molecule has 0 radical (unpaired) electrons. The van der Waals surface area contributed by atoms with Crippen LogP contribution in [0.2, 0.25) is 0 Å². The summed E-state index contributed by atoms with van der Waals surface area (Å²) < 4.78 is 11.0. The maximum Gasteiger partial charge on any atom is 0.407 e. The van der Waals surface area contributed by atoms with Crippen LogP contribution in [0.4, 0.5) is 4.79 Å². The zero-order chi connectivity index (χ0) is 18.6. The maximum atomic E-state index is 11.6. The van der Waals surface area contributed by atoms with Gasteiger partial charge in [-0.1, -0.05) is 0 Å². The first kappa shape index (κ1) is 19.2. The molecule has 1 atom stereocenters. The predicted octanol–water partition coefficient (Wildman–Crippen LogP) is 2.91. The number of aldehydes is 1. The number of hydrogen-bond acceptors (Lipinski definition) is 5. The molecule has 0 spiro atoms. The van der Waals surface area contributed by atoms with Crippen LogP contribution in [0.1, 0.15) is 49.6 Å². The molecular weight excluding hydrogens is 320 g/mol. The molecule has 6 nitrogen and oxygen atoms in total. The average molecular weight is 348 g/mol. The van der Waals surface area contributed by atoms with Crippen LogP contribution in [-0.4, -0.2) is 36.1 Å². The summed E-state index contributed by atoms with van der Waals surface area (Å²) in [6.07, 6.45) is 2.81. The van der Waals surface area contributed by atoms with Crippen LogP contribution in [0.3, 0.4) is 0 Å². The number of alkyl carbamates (subject to hydrolysis) is 1. The van der Waals surface area contributed by atoms with Gasteiger partial charge in [0, 0.05) is 23.7 Å². The van der Waals surface area contributed by atoms with Gasteiger partial charge in [-0.05, 0) is 65.0 Å². The smallest absolute Gasteiger partial charge is 0.407 e. The van der Waals surface area contributed by atoms with E-state index >= 15 is 0 Å². The summed E-state index contributed by atoms with van der Waals surface area (Å²) >= 11 is 0. The van der Waals surface area contributed by atoms with Gasteiger partial charge in [-0.3, -0.25) is 0 Å². The van der Waals surface area contributed by atoms with Gasteiger partial charge in [0.25, 0.3) is 0 Å². The minimum Gasteiger partial charge on any atom is -0.477 e. The quantitative estimate of drug-likeness (QED) is 0.632. The Bertz CT molecular complexity index is 650. The molecule has 2 rings (SSSR count). The highest BCUT2D eigenvalue weighted by Crippen LogP contribution is 2.34. The number of rotatable bonds is 6. The first-order valence-electron chi connectivity index (χ1n) is 8.75. The Morgan fingerprint density at radius 1 is 1.28 bits per heavy atom. The molecular formula is C19H28N2O4. The normalized spacial score (nSPS) is 16.3. The molecule has 25 heavy (non-hydrogen) atoms. The van der Waals surface area contributed by atoms with E-state index in [9.17, 15) is 9.59 Å². The Morgan fingerprint density at radius 3 is 2.60 bits per heavy atom. The van der Waals surface area contributed by atoms with E-state index in [1.165, 1.54) is 11.1 Å². The number of carbonyl (C=O) groups excluding carboxylic acids is 2. The number of amides is 1. The number of ether oxygens (including phenoxy) is 2. The minimum absolute atomic E-state index is 0.0579. The second kappa shape index (κ2) is 7.85. The van der Waals surface area contributed by atoms with E-state index in [-0.39, 0.29) is 5.92 Å². The molecule has 1 amide bonds. The molecule has 1 heterocycles. The Balaban J connectivity index is 1.84. The van der Waals surface area contributed by atoms with E-state index in [0.717, 1.165) is 30.4 Å². The van der Waals surface area contributed by atoms with E-state index in [2.05, 4.69) is 10.3 Å². The first-order valence-corrected chi connectivity index (χ1v) is 8.75. The third-order valence-corrected chi connectivity index (χ3v) is 4.20. The Kier molecular flexibility index (Phi) is 6.03. The molecule has 1 aliphatic rings. The molecule has 1 aromatic heterocycles. The molecule has 0 saturated heterocycles. The number of hydrogen-bond donors (Lipinski definition) is 1. The molecule has 1 aromatic rings. The lowest BCUT2D eigenvalue weighted by Crippen LogP contribution is -2.33. The van der Waals surface area contributed by atoms with Gasteiger partial charge in [-0.15, -0.1) is 0 Å². The van der Waals surface area contributed by atoms with Crippen LogP contribution in [0, 0.1) is 19.8 Å². The molecule has 1 aliphatic carbocycles. The molecule has 138 valence electrons. The van der Waals surface area contributed by atoms with Gasteiger partial charge in [0.1, 0.15) is 11.9 Å². The van der Waals surface area contributed by atoms with Crippen molar-refractivity contribution in [3.8, 4) is 5.88 Å². The lowest BCUT2D eigenvalue weighted by Gasteiger charge is -2.19. The zero-order valence-electron chi connectivity index (χ0n) is 15.8. The third-order valence-electron chi connectivity index (χ3n) is 4.20. The number of fused-ring (bicyclic) bond motifs is 1. The summed E-state index contributed by atoms with van der Waals surface area (Å²) in [6, 6.07) is 0.